The molecule has 29 heavy (non-hydrogen) atoms. The van der Waals surface area contributed by atoms with Gasteiger partial charge in [0.2, 0.25) is 0 Å². The molecule has 0 saturated heterocycles. The van der Waals surface area contributed by atoms with E-state index in [2.05, 4.69) is 20.9 Å². The van der Waals surface area contributed by atoms with Crippen molar-refractivity contribution < 1.29 is 29.3 Å². The van der Waals surface area contributed by atoms with Crippen LogP contribution in [0, 0.1) is 0 Å². The number of carbonyl (C=O) groups excluding carboxylic acids is 2. The molecule has 0 fully saturated rings. The number of aromatic nitrogens is 1. The summed E-state index contributed by atoms with van der Waals surface area (Å²) in [5.41, 5.74) is 2.17. The molecule has 0 bridgehead atoms. The molecule has 0 aliphatic carbocycles. The number of fused-ring (bicyclic) bond motifs is 1. The minimum Gasteiger partial charge on any atom is -0.465 e. The Kier molecular flexibility index (Phi) is 6.26. The van der Waals surface area contributed by atoms with Crippen LogP contribution in [-0.2, 0) is 22.7 Å². The standard InChI is InChI=1S/C21H18BrNO6/c1-28-20(26)16-6-12-5-13(9-24)14(10-25)7-15(12)18(19(16)21(27)29-2)11-3-4-23-17(22)8-11/h3-8,24-25H,9-10H2,1-2H3. The number of aliphatic hydroxyl groups excluding tert-OH is 2. The maximum Gasteiger partial charge on any atom is 0.339 e. The molecule has 3 aromatic rings. The second-order valence-corrected chi connectivity index (χ2v) is 7.00. The van der Waals surface area contributed by atoms with Crippen LogP contribution in [0.3, 0.4) is 0 Å². The van der Waals surface area contributed by atoms with E-state index in [1.807, 2.05) is 0 Å². The second kappa shape index (κ2) is 8.69. The predicted molar refractivity (Wildman–Crippen MR) is 109 cm³/mol. The molecule has 2 N–H and O–H groups in total. The van der Waals surface area contributed by atoms with Crippen LogP contribution in [0.25, 0.3) is 21.9 Å². The molecule has 1 aromatic heterocycles. The van der Waals surface area contributed by atoms with Gasteiger partial charge in [-0.05, 0) is 73.7 Å². The van der Waals surface area contributed by atoms with Crippen molar-refractivity contribution in [2.75, 3.05) is 14.2 Å². The quantitative estimate of drug-likeness (QED) is 0.445. The van der Waals surface area contributed by atoms with Crippen LogP contribution < -0.4 is 0 Å². The van der Waals surface area contributed by atoms with Gasteiger partial charge in [0.05, 0.1) is 38.6 Å². The molecule has 0 aliphatic heterocycles. The molecule has 7 nitrogen and oxygen atoms in total. The van der Waals surface area contributed by atoms with Gasteiger partial charge in [-0.15, -0.1) is 0 Å². The summed E-state index contributed by atoms with van der Waals surface area (Å²) in [5, 5.41) is 20.6. The molecule has 2 aromatic carbocycles. The average Bonchev–Trinajstić information content (AvgIpc) is 2.75. The topological polar surface area (TPSA) is 106 Å². The normalized spacial score (nSPS) is 10.8. The van der Waals surface area contributed by atoms with E-state index in [0.29, 0.717) is 37.6 Å². The number of aliphatic hydroxyl groups is 2. The number of hydrogen-bond acceptors (Lipinski definition) is 7. The number of esters is 2. The highest BCUT2D eigenvalue weighted by Crippen LogP contribution is 2.37. The minimum atomic E-state index is -0.702. The van der Waals surface area contributed by atoms with Crippen molar-refractivity contribution in [3.8, 4) is 11.1 Å². The van der Waals surface area contributed by atoms with Crippen LogP contribution in [-0.4, -0.2) is 41.4 Å². The van der Waals surface area contributed by atoms with Crippen LogP contribution in [0.2, 0.25) is 0 Å². The van der Waals surface area contributed by atoms with E-state index in [1.165, 1.54) is 20.3 Å². The van der Waals surface area contributed by atoms with Crippen LogP contribution in [0.15, 0.2) is 41.1 Å². The largest absolute Gasteiger partial charge is 0.465 e. The number of halogens is 1. The van der Waals surface area contributed by atoms with Crippen molar-refractivity contribution in [2.24, 2.45) is 0 Å². The minimum absolute atomic E-state index is 0.0374. The van der Waals surface area contributed by atoms with Gasteiger partial charge in [0, 0.05) is 11.8 Å². The second-order valence-electron chi connectivity index (χ2n) is 6.18. The van der Waals surface area contributed by atoms with Gasteiger partial charge in [-0.25, -0.2) is 14.6 Å². The number of rotatable bonds is 5. The molecular formula is C21H18BrNO6. The lowest BCUT2D eigenvalue weighted by molar-refractivity contribution is 0.0556. The van der Waals surface area contributed by atoms with Crippen molar-refractivity contribution >= 4 is 38.6 Å². The van der Waals surface area contributed by atoms with Gasteiger partial charge in [0.1, 0.15) is 4.60 Å². The zero-order valence-corrected chi connectivity index (χ0v) is 17.3. The Hall–Kier alpha value is -2.81. The highest BCUT2D eigenvalue weighted by atomic mass is 79.9. The Balaban J connectivity index is 2.55. The number of pyridine rings is 1. The zero-order chi connectivity index (χ0) is 21.1. The number of nitrogens with zero attached hydrogens (tertiary/aromatic N) is 1. The molecule has 0 unspecified atom stereocenters. The number of hydrogen-bond donors (Lipinski definition) is 2. The Morgan fingerprint density at radius 3 is 2.24 bits per heavy atom. The van der Waals surface area contributed by atoms with Crippen molar-refractivity contribution in [3.05, 3.63) is 63.4 Å². The average molecular weight is 460 g/mol. The fourth-order valence-corrected chi connectivity index (χ4v) is 3.64. The fourth-order valence-electron chi connectivity index (χ4n) is 3.28. The third kappa shape index (κ3) is 3.87. The van der Waals surface area contributed by atoms with Gasteiger partial charge in [-0.2, -0.15) is 0 Å². The molecule has 3 rings (SSSR count). The Bertz CT molecular complexity index is 1110. The summed E-state index contributed by atoms with van der Waals surface area (Å²) >= 11 is 3.32. The predicted octanol–water partition coefficient (Wildman–Crippen LogP) is 3.22. The summed E-state index contributed by atoms with van der Waals surface area (Å²) in [5.74, 6) is -1.40. The van der Waals surface area contributed by atoms with E-state index in [9.17, 15) is 19.8 Å². The summed E-state index contributed by atoms with van der Waals surface area (Å²) < 4.78 is 10.4. The SMILES string of the molecule is COC(=O)c1cc2cc(CO)c(CO)cc2c(-c2ccnc(Br)c2)c1C(=O)OC. The molecule has 0 spiro atoms. The van der Waals surface area contributed by atoms with Crippen LogP contribution >= 0.6 is 15.9 Å². The van der Waals surface area contributed by atoms with Gasteiger partial charge in [-0.1, -0.05) is 0 Å². The first kappa shape index (κ1) is 20.9. The summed E-state index contributed by atoms with van der Waals surface area (Å²) in [6.07, 6.45) is 1.56. The highest BCUT2D eigenvalue weighted by molar-refractivity contribution is 9.10. The summed E-state index contributed by atoms with van der Waals surface area (Å²) in [6, 6.07) is 8.30. The first-order valence-corrected chi connectivity index (χ1v) is 9.37. The van der Waals surface area contributed by atoms with E-state index < -0.39 is 11.9 Å². The lowest BCUT2D eigenvalue weighted by Crippen LogP contribution is -2.14. The van der Waals surface area contributed by atoms with Gasteiger partial charge in [0.15, 0.2) is 0 Å². The van der Waals surface area contributed by atoms with Gasteiger partial charge in [0.25, 0.3) is 0 Å². The Morgan fingerprint density at radius 2 is 1.66 bits per heavy atom. The lowest BCUT2D eigenvalue weighted by atomic mass is 9.88. The van der Waals surface area contributed by atoms with Gasteiger partial charge >= 0.3 is 11.9 Å². The molecule has 0 saturated carbocycles. The zero-order valence-electron chi connectivity index (χ0n) is 15.7. The van der Waals surface area contributed by atoms with Crippen LogP contribution in [0.1, 0.15) is 31.8 Å². The first-order chi connectivity index (χ1) is 13.9. The van der Waals surface area contributed by atoms with E-state index in [4.69, 9.17) is 9.47 Å². The molecular weight excluding hydrogens is 442 g/mol. The summed E-state index contributed by atoms with van der Waals surface area (Å²) in [4.78, 5) is 29.3. The van der Waals surface area contributed by atoms with Gasteiger partial charge in [-0.3, -0.25) is 0 Å². The molecule has 8 heteroatoms. The number of benzene rings is 2. The van der Waals surface area contributed by atoms with Crippen molar-refractivity contribution in [3.63, 3.8) is 0 Å². The number of ether oxygens (including phenoxy) is 2. The molecule has 0 amide bonds. The molecule has 150 valence electrons. The Morgan fingerprint density at radius 1 is 1.00 bits per heavy atom. The maximum atomic E-state index is 12.7. The highest BCUT2D eigenvalue weighted by Gasteiger charge is 2.26. The molecule has 0 aliphatic rings. The van der Waals surface area contributed by atoms with E-state index in [-0.39, 0.29) is 24.3 Å². The summed E-state index contributed by atoms with van der Waals surface area (Å²) in [6.45, 7) is -0.577. The number of carbonyl (C=O) groups is 2. The molecule has 0 atom stereocenters. The number of methoxy groups -OCH3 is 2. The molecule has 1 heterocycles. The molecule has 0 radical (unpaired) electrons. The monoisotopic (exact) mass is 459 g/mol. The van der Waals surface area contributed by atoms with Crippen molar-refractivity contribution in [1.82, 2.24) is 4.98 Å². The van der Waals surface area contributed by atoms with Crippen molar-refractivity contribution in [1.29, 1.82) is 0 Å². The smallest absolute Gasteiger partial charge is 0.339 e. The Labute approximate surface area is 175 Å². The van der Waals surface area contributed by atoms with E-state index >= 15 is 0 Å². The van der Waals surface area contributed by atoms with Gasteiger partial charge < -0.3 is 19.7 Å². The first-order valence-electron chi connectivity index (χ1n) is 8.57. The van der Waals surface area contributed by atoms with Crippen LogP contribution in [0.5, 0.6) is 0 Å². The maximum absolute atomic E-state index is 12.7. The van der Waals surface area contributed by atoms with E-state index in [0.717, 1.165) is 0 Å². The van der Waals surface area contributed by atoms with Crippen LogP contribution in [0.4, 0.5) is 0 Å². The fraction of sp³-hybridized carbons (Fsp3) is 0.190. The lowest BCUT2D eigenvalue weighted by Gasteiger charge is -2.18. The third-order valence-corrected chi connectivity index (χ3v) is 5.04. The van der Waals surface area contributed by atoms with Crippen molar-refractivity contribution in [2.45, 2.75) is 13.2 Å². The van der Waals surface area contributed by atoms with E-state index in [1.54, 1.807) is 30.5 Å². The third-order valence-electron chi connectivity index (χ3n) is 4.61. The summed E-state index contributed by atoms with van der Waals surface area (Å²) in [7, 11) is 2.46.